The third kappa shape index (κ3) is 6.52. The van der Waals surface area contributed by atoms with Crippen molar-refractivity contribution < 1.29 is 18.9 Å². The number of hydrogen-bond acceptors (Lipinski definition) is 5. The van der Waals surface area contributed by atoms with Crippen LogP contribution in [0.1, 0.15) is 30.5 Å². The lowest BCUT2D eigenvalue weighted by Crippen LogP contribution is -2.65. The van der Waals surface area contributed by atoms with Gasteiger partial charge in [-0.25, -0.2) is 0 Å². The van der Waals surface area contributed by atoms with Gasteiger partial charge >= 0.3 is 0 Å². The smallest absolute Gasteiger partial charge is 0.111 e. The third-order valence-corrected chi connectivity index (χ3v) is 6.57. The Morgan fingerprint density at radius 3 is 1.83 bits per heavy atom. The van der Waals surface area contributed by atoms with E-state index in [0.29, 0.717) is 19.8 Å². The van der Waals surface area contributed by atoms with E-state index in [-0.39, 0.29) is 12.7 Å². The molecule has 0 saturated carbocycles. The molecule has 0 aliphatic carbocycles. The van der Waals surface area contributed by atoms with Gasteiger partial charge in [-0.3, -0.25) is 0 Å². The molecule has 0 aromatic heterocycles. The summed E-state index contributed by atoms with van der Waals surface area (Å²) in [6, 6.07) is 29.8. The molecule has 1 fully saturated rings. The van der Waals surface area contributed by atoms with Gasteiger partial charge in [-0.15, -0.1) is 0 Å². The van der Waals surface area contributed by atoms with Crippen LogP contribution in [-0.4, -0.2) is 36.6 Å². The molecule has 4 rings (SSSR count). The third-order valence-electron chi connectivity index (χ3n) is 6.57. The maximum atomic E-state index is 9.53. The highest BCUT2D eigenvalue weighted by molar-refractivity contribution is 5.16. The molecule has 1 aliphatic rings. The van der Waals surface area contributed by atoms with Crippen LogP contribution in [0.15, 0.2) is 96.1 Å². The number of ether oxygens (including phenoxy) is 4. The van der Waals surface area contributed by atoms with Gasteiger partial charge in [-0.05, 0) is 36.1 Å². The maximum absolute atomic E-state index is 9.53. The van der Waals surface area contributed by atoms with E-state index in [1.54, 1.807) is 0 Å². The largest absolute Gasteiger partial charge is 0.374 e. The normalized spacial score (nSPS) is 25.7. The van der Waals surface area contributed by atoms with Crippen molar-refractivity contribution in [3.63, 3.8) is 0 Å². The Kier molecular flexibility index (Phi) is 9.11. The average Bonchev–Trinajstić information content (AvgIpc) is 2.91. The molecule has 1 aliphatic heterocycles. The molecular weight excluding hydrogens is 454 g/mol. The van der Waals surface area contributed by atoms with Crippen LogP contribution in [0.2, 0.25) is 0 Å². The summed E-state index contributed by atoms with van der Waals surface area (Å²) < 4.78 is 25.3. The molecular formula is C29H33N3O4. The zero-order valence-electron chi connectivity index (χ0n) is 20.8. The second kappa shape index (κ2) is 12.7. The summed E-state index contributed by atoms with van der Waals surface area (Å²) in [5.74, 6) is 0. The van der Waals surface area contributed by atoms with Crippen molar-refractivity contribution in [2.24, 2.45) is 5.11 Å². The van der Waals surface area contributed by atoms with Crippen LogP contribution in [0.3, 0.4) is 0 Å². The maximum Gasteiger partial charge on any atom is 0.111 e. The lowest BCUT2D eigenvalue weighted by molar-refractivity contribution is -0.242. The van der Waals surface area contributed by atoms with E-state index in [1.807, 2.05) is 105 Å². The van der Waals surface area contributed by atoms with Crippen LogP contribution in [-0.2, 0) is 38.8 Å². The molecule has 7 heteroatoms. The van der Waals surface area contributed by atoms with E-state index in [4.69, 9.17) is 18.9 Å². The number of rotatable bonds is 11. The minimum Gasteiger partial charge on any atom is -0.374 e. The predicted molar refractivity (Wildman–Crippen MR) is 138 cm³/mol. The van der Waals surface area contributed by atoms with Gasteiger partial charge in [-0.1, -0.05) is 96.1 Å². The molecule has 1 saturated heterocycles. The van der Waals surface area contributed by atoms with Crippen LogP contribution in [0, 0.1) is 0 Å². The molecule has 3 aromatic carbocycles. The first-order valence-corrected chi connectivity index (χ1v) is 12.2. The van der Waals surface area contributed by atoms with Gasteiger partial charge in [0.1, 0.15) is 17.7 Å². The fourth-order valence-electron chi connectivity index (χ4n) is 4.53. The highest BCUT2D eigenvalue weighted by Gasteiger charge is 2.53. The quantitative estimate of drug-likeness (QED) is 0.182. The zero-order chi connectivity index (χ0) is 25.2. The van der Waals surface area contributed by atoms with Gasteiger partial charge < -0.3 is 18.9 Å². The van der Waals surface area contributed by atoms with Gasteiger partial charge in [0.25, 0.3) is 0 Å². The Morgan fingerprint density at radius 1 is 0.806 bits per heavy atom. The molecule has 36 heavy (non-hydrogen) atoms. The Labute approximate surface area is 212 Å². The summed E-state index contributed by atoms with van der Waals surface area (Å²) in [6.07, 6.45) is -1.81. The van der Waals surface area contributed by atoms with Crippen molar-refractivity contribution in [3.05, 3.63) is 118 Å². The van der Waals surface area contributed by atoms with E-state index in [2.05, 4.69) is 10.0 Å². The van der Waals surface area contributed by atoms with E-state index in [0.717, 1.165) is 16.7 Å². The van der Waals surface area contributed by atoms with Crippen molar-refractivity contribution in [1.82, 2.24) is 0 Å². The second-order valence-corrected chi connectivity index (χ2v) is 9.22. The van der Waals surface area contributed by atoms with Gasteiger partial charge in [0.2, 0.25) is 0 Å². The Hall–Kier alpha value is -3.19. The Morgan fingerprint density at radius 2 is 1.31 bits per heavy atom. The molecule has 0 N–H and O–H groups in total. The molecule has 5 atom stereocenters. The summed E-state index contributed by atoms with van der Waals surface area (Å²) in [5, 5.41) is 4.23. The SMILES string of the molecule is CC1OC(COCc2ccccc2)C(C)(N=[N+]=[N-])C(OCc2ccccc2)C1OCc1ccccc1. The van der Waals surface area contributed by atoms with Gasteiger partial charge in [0.15, 0.2) is 0 Å². The van der Waals surface area contributed by atoms with Crippen molar-refractivity contribution >= 4 is 0 Å². The highest BCUT2D eigenvalue weighted by Crippen LogP contribution is 2.38. The fourth-order valence-corrected chi connectivity index (χ4v) is 4.53. The Bertz CT molecular complexity index is 1110. The molecule has 0 radical (unpaired) electrons. The molecule has 0 spiro atoms. The molecule has 188 valence electrons. The summed E-state index contributed by atoms with van der Waals surface area (Å²) in [5.41, 5.74) is 11.6. The van der Waals surface area contributed by atoms with Crippen LogP contribution >= 0.6 is 0 Å². The summed E-state index contributed by atoms with van der Waals surface area (Å²) in [4.78, 5) is 3.18. The monoisotopic (exact) mass is 487 g/mol. The van der Waals surface area contributed by atoms with E-state index < -0.39 is 23.9 Å². The summed E-state index contributed by atoms with van der Waals surface area (Å²) in [6.45, 7) is 5.28. The average molecular weight is 488 g/mol. The lowest BCUT2D eigenvalue weighted by Gasteiger charge is -2.50. The van der Waals surface area contributed by atoms with Crippen LogP contribution in [0.5, 0.6) is 0 Å². The van der Waals surface area contributed by atoms with Crippen LogP contribution in [0.25, 0.3) is 10.4 Å². The lowest BCUT2D eigenvalue weighted by atomic mass is 9.81. The standard InChI is InChI=1S/C29H33N3O4/c1-22-27(34-19-24-14-8-4-9-15-24)28(35-20-25-16-10-5-11-17-25)29(2,31-32-30)26(36-22)21-33-18-23-12-6-3-7-13-23/h3-17,22,26-28H,18-21H2,1-2H3. The van der Waals surface area contributed by atoms with Crippen molar-refractivity contribution in [3.8, 4) is 0 Å². The van der Waals surface area contributed by atoms with Gasteiger partial charge in [0.05, 0.1) is 38.6 Å². The van der Waals surface area contributed by atoms with Crippen LogP contribution in [0.4, 0.5) is 0 Å². The van der Waals surface area contributed by atoms with Crippen LogP contribution < -0.4 is 0 Å². The predicted octanol–water partition coefficient (Wildman–Crippen LogP) is 6.23. The van der Waals surface area contributed by atoms with E-state index >= 15 is 0 Å². The topological polar surface area (TPSA) is 85.7 Å². The van der Waals surface area contributed by atoms with Crippen molar-refractivity contribution in [2.45, 2.75) is 63.6 Å². The fraction of sp³-hybridized carbons (Fsp3) is 0.379. The molecule has 3 aromatic rings. The van der Waals surface area contributed by atoms with Gasteiger partial charge in [0, 0.05) is 4.91 Å². The highest BCUT2D eigenvalue weighted by atomic mass is 16.6. The van der Waals surface area contributed by atoms with E-state index in [1.165, 1.54) is 0 Å². The molecule has 0 bridgehead atoms. The first kappa shape index (κ1) is 25.9. The molecule has 5 unspecified atom stereocenters. The number of hydrogen-bond donors (Lipinski definition) is 0. The minimum atomic E-state index is -1.05. The summed E-state index contributed by atoms with van der Waals surface area (Å²) >= 11 is 0. The first-order valence-electron chi connectivity index (χ1n) is 12.2. The van der Waals surface area contributed by atoms with Crippen molar-refractivity contribution in [1.29, 1.82) is 0 Å². The number of benzene rings is 3. The minimum absolute atomic E-state index is 0.255. The van der Waals surface area contributed by atoms with E-state index in [9.17, 15) is 5.53 Å². The van der Waals surface area contributed by atoms with Gasteiger partial charge in [-0.2, -0.15) is 0 Å². The number of azide groups is 1. The molecule has 0 amide bonds. The second-order valence-electron chi connectivity index (χ2n) is 9.22. The summed E-state index contributed by atoms with van der Waals surface area (Å²) in [7, 11) is 0. The zero-order valence-corrected chi connectivity index (χ0v) is 20.8. The van der Waals surface area contributed by atoms with Crippen molar-refractivity contribution in [2.75, 3.05) is 6.61 Å². The molecule has 1 heterocycles. The molecule has 7 nitrogen and oxygen atoms in total. The number of nitrogens with zero attached hydrogens (tertiary/aromatic N) is 3. The Balaban J connectivity index is 1.55. The first-order chi connectivity index (χ1) is 17.6.